The first-order valence-corrected chi connectivity index (χ1v) is 9.92. The van der Waals surface area contributed by atoms with Gasteiger partial charge in [-0.25, -0.2) is 4.79 Å². The number of hydrogen-bond acceptors (Lipinski definition) is 5. The number of likely N-dealkylation sites (tertiary alicyclic amines) is 1. The van der Waals surface area contributed by atoms with E-state index in [1.807, 2.05) is 18.2 Å². The van der Waals surface area contributed by atoms with E-state index in [0.717, 1.165) is 13.1 Å². The Kier molecular flexibility index (Phi) is 7.45. The second-order valence-corrected chi connectivity index (χ2v) is 7.00. The fourth-order valence-corrected chi connectivity index (χ4v) is 3.34. The predicted molar refractivity (Wildman–Crippen MR) is 115 cm³/mol. The van der Waals surface area contributed by atoms with Gasteiger partial charge >= 0.3 is 5.97 Å². The lowest BCUT2D eigenvalue weighted by Crippen LogP contribution is -2.33. The molecule has 3 rings (SSSR count). The van der Waals surface area contributed by atoms with Gasteiger partial charge in [-0.05, 0) is 37.1 Å². The number of carbonyl (C=O) groups is 2. The van der Waals surface area contributed by atoms with E-state index >= 15 is 0 Å². The number of aromatic carboxylic acids is 1. The first-order valence-electron chi connectivity index (χ1n) is 9.92. The molecule has 1 amide bonds. The Balaban J connectivity index is 1.72. The summed E-state index contributed by atoms with van der Waals surface area (Å²) in [5.41, 5.74) is 0.978. The van der Waals surface area contributed by atoms with Crippen molar-refractivity contribution in [1.82, 2.24) is 4.90 Å². The van der Waals surface area contributed by atoms with Crippen LogP contribution in [0.5, 0.6) is 11.5 Å². The second kappa shape index (κ2) is 10.5. The highest BCUT2D eigenvalue weighted by molar-refractivity contribution is 6.06. The zero-order chi connectivity index (χ0) is 21.3. The van der Waals surface area contributed by atoms with E-state index in [-0.39, 0.29) is 11.3 Å². The number of benzene rings is 2. The molecule has 0 atom stereocenters. The number of nitrogens with one attached hydrogen (secondary N) is 1. The van der Waals surface area contributed by atoms with Crippen molar-refractivity contribution in [2.45, 2.75) is 19.3 Å². The van der Waals surface area contributed by atoms with Crippen LogP contribution in [0.25, 0.3) is 6.08 Å². The Bertz CT molecular complexity index is 920. The topological polar surface area (TPSA) is 88.1 Å². The Morgan fingerprint density at radius 1 is 1.10 bits per heavy atom. The van der Waals surface area contributed by atoms with Crippen molar-refractivity contribution in [3.05, 3.63) is 59.7 Å². The van der Waals surface area contributed by atoms with Crippen molar-refractivity contribution in [2.24, 2.45) is 0 Å². The SMILES string of the molecule is COc1cccc(/C=C/C(=O)Nc2ccccc2C(=O)O)c1OCN1CCCCC1. The highest BCUT2D eigenvalue weighted by atomic mass is 16.5. The minimum Gasteiger partial charge on any atom is -0.493 e. The van der Waals surface area contributed by atoms with Crippen LogP contribution in [0, 0.1) is 0 Å². The molecule has 2 N–H and O–H groups in total. The summed E-state index contributed by atoms with van der Waals surface area (Å²) in [6.45, 7) is 2.47. The van der Waals surface area contributed by atoms with Crippen molar-refractivity contribution in [3.8, 4) is 11.5 Å². The average molecular weight is 410 g/mol. The largest absolute Gasteiger partial charge is 0.493 e. The van der Waals surface area contributed by atoms with Crippen LogP contribution in [-0.2, 0) is 4.79 Å². The zero-order valence-corrected chi connectivity index (χ0v) is 17.0. The third-order valence-electron chi connectivity index (χ3n) is 4.90. The number of amides is 1. The highest BCUT2D eigenvalue weighted by Gasteiger charge is 2.14. The summed E-state index contributed by atoms with van der Waals surface area (Å²) < 4.78 is 11.5. The number of para-hydroxylation sites is 2. The molecule has 1 fully saturated rings. The molecule has 1 heterocycles. The molecule has 0 radical (unpaired) electrons. The van der Waals surface area contributed by atoms with Gasteiger partial charge in [0.15, 0.2) is 11.5 Å². The molecule has 7 nitrogen and oxygen atoms in total. The molecule has 0 saturated carbocycles. The number of hydrogen-bond donors (Lipinski definition) is 2. The van der Waals surface area contributed by atoms with Gasteiger partial charge in [-0.15, -0.1) is 0 Å². The van der Waals surface area contributed by atoms with Crippen LogP contribution in [-0.4, -0.2) is 48.8 Å². The highest BCUT2D eigenvalue weighted by Crippen LogP contribution is 2.32. The Morgan fingerprint density at radius 3 is 2.60 bits per heavy atom. The number of piperidine rings is 1. The maximum Gasteiger partial charge on any atom is 0.337 e. The molecular weight excluding hydrogens is 384 g/mol. The van der Waals surface area contributed by atoms with Gasteiger partial charge in [-0.1, -0.05) is 30.7 Å². The first kappa shape index (κ1) is 21.4. The van der Waals surface area contributed by atoms with Gasteiger partial charge in [0.25, 0.3) is 0 Å². The summed E-state index contributed by atoms with van der Waals surface area (Å²) >= 11 is 0. The van der Waals surface area contributed by atoms with Crippen molar-refractivity contribution in [1.29, 1.82) is 0 Å². The molecule has 2 aromatic carbocycles. The second-order valence-electron chi connectivity index (χ2n) is 7.00. The van der Waals surface area contributed by atoms with Crippen LogP contribution in [0.4, 0.5) is 5.69 Å². The predicted octanol–water partition coefficient (Wildman–Crippen LogP) is 3.87. The molecule has 0 aliphatic carbocycles. The Labute approximate surface area is 175 Å². The molecule has 0 unspecified atom stereocenters. The summed E-state index contributed by atoms with van der Waals surface area (Å²) in [6, 6.07) is 11.7. The van der Waals surface area contributed by atoms with Gasteiger partial charge in [0.2, 0.25) is 5.91 Å². The van der Waals surface area contributed by atoms with Gasteiger partial charge in [0.05, 0.1) is 18.4 Å². The number of nitrogens with zero attached hydrogens (tertiary/aromatic N) is 1. The van der Waals surface area contributed by atoms with Crippen LogP contribution >= 0.6 is 0 Å². The molecule has 1 saturated heterocycles. The minimum absolute atomic E-state index is 0.0335. The fraction of sp³-hybridized carbons (Fsp3) is 0.304. The molecule has 1 aliphatic rings. The summed E-state index contributed by atoms with van der Waals surface area (Å²) in [5.74, 6) is -0.379. The Hall–Kier alpha value is -3.32. The standard InChI is InChI=1S/C23H26N2O5/c1-29-20-11-7-8-17(22(20)30-16-25-14-5-2-6-15-25)12-13-21(26)24-19-10-4-3-9-18(19)23(27)28/h3-4,7-13H,2,5-6,14-16H2,1H3,(H,24,26)(H,27,28)/b13-12+. The van der Waals surface area contributed by atoms with E-state index in [2.05, 4.69) is 10.2 Å². The van der Waals surface area contributed by atoms with Crippen LogP contribution in [0.2, 0.25) is 0 Å². The third-order valence-corrected chi connectivity index (χ3v) is 4.90. The number of carbonyl (C=O) groups excluding carboxylic acids is 1. The smallest absolute Gasteiger partial charge is 0.337 e. The summed E-state index contributed by atoms with van der Waals surface area (Å²) in [6.07, 6.45) is 6.56. The van der Waals surface area contributed by atoms with Gasteiger partial charge in [0.1, 0.15) is 6.73 Å². The van der Waals surface area contributed by atoms with Crippen molar-refractivity contribution in [3.63, 3.8) is 0 Å². The Morgan fingerprint density at radius 2 is 1.87 bits per heavy atom. The van der Waals surface area contributed by atoms with Crippen LogP contribution in [0.3, 0.4) is 0 Å². The third kappa shape index (κ3) is 5.61. The van der Waals surface area contributed by atoms with E-state index in [9.17, 15) is 14.7 Å². The number of anilines is 1. The number of rotatable bonds is 8. The van der Waals surface area contributed by atoms with Crippen molar-refractivity contribution < 1.29 is 24.2 Å². The lowest BCUT2D eigenvalue weighted by atomic mass is 10.1. The average Bonchev–Trinajstić information content (AvgIpc) is 2.77. The number of carboxylic acid groups (broad SMARTS) is 1. The molecular formula is C23H26N2O5. The number of ether oxygens (including phenoxy) is 2. The van der Waals surface area contributed by atoms with Crippen LogP contribution in [0.15, 0.2) is 48.5 Å². The van der Waals surface area contributed by atoms with E-state index in [1.165, 1.54) is 31.4 Å². The molecule has 1 aliphatic heterocycles. The minimum atomic E-state index is -1.10. The molecule has 0 bridgehead atoms. The van der Waals surface area contributed by atoms with Crippen LogP contribution < -0.4 is 14.8 Å². The van der Waals surface area contributed by atoms with E-state index in [4.69, 9.17) is 9.47 Å². The molecule has 158 valence electrons. The van der Waals surface area contributed by atoms with Gasteiger partial charge in [-0.2, -0.15) is 0 Å². The van der Waals surface area contributed by atoms with Crippen molar-refractivity contribution in [2.75, 3.05) is 32.2 Å². The zero-order valence-electron chi connectivity index (χ0n) is 17.0. The normalized spacial score (nSPS) is 14.4. The maximum absolute atomic E-state index is 12.4. The molecule has 30 heavy (non-hydrogen) atoms. The molecule has 7 heteroatoms. The monoisotopic (exact) mass is 410 g/mol. The van der Waals surface area contributed by atoms with E-state index in [1.54, 1.807) is 31.4 Å². The van der Waals surface area contributed by atoms with Gasteiger partial charge in [-0.3, -0.25) is 9.69 Å². The molecule has 2 aromatic rings. The van der Waals surface area contributed by atoms with E-state index in [0.29, 0.717) is 23.8 Å². The van der Waals surface area contributed by atoms with Gasteiger partial charge < -0.3 is 19.9 Å². The lowest BCUT2D eigenvalue weighted by molar-refractivity contribution is -0.111. The summed E-state index contributed by atoms with van der Waals surface area (Å²) in [5, 5.41) is 11.9. The summed E-state index contributed by atoms with van der Waals surface area (Å²) in [4.78, 5) is 25.9. The molecule has 0 spiro atoms. The molecule has 0 aromatic heterocycles. The van der Waals surface area contributed by atoms with Crippen molar-refractivity contribution >= 4 is 23.6 Å². The quantitative estimate of drug-likeness (QED) is 0.643. The fourth-order valence-electron chi connectivity index (χ4n) is 3.34. The summed E-state index contributed by atoms with van der Waals surface area (Å²) in [7, 11) is 1.58. The van der Waals surface area contributed by atoms with Crippen LogP contribution in [0.1, 0.15) is 35.2 Å². The number of carboxylic acids is 1. The van der Waals surface area contributed by atoms with Gasteiger partial charge in [0, 0.05) is 24.7 Å². The number of methoxy groups -OCH3 is 1. The lowest BCUT2D eigenvalue weighted by Gasteiger charge is -2.26. The first-order chi connectivity index (χ1) is 14.6. The van der Waals surface area contributed by atoms with E-state index < -0.39 is 11.9 Å². The maximum atomic E-state index is 12.4.